The van der Waals surface area contributed by atoms with E-state index in [1.165, 1.54) is 38.8 Å². The lowest BCUT2D eigenvalue weighted by Gasteiger charge is -2.24. The van der Waals surface area contributed by atoms with Gasteiger partial charge >= 0.3 is 0 Å². The fourth-order valence-corrected chi connectivity index (χ4v) is 4.06. The van der Waals surface area contributed by atoms with Crippen LogP contribution in [-0.2, 0) is 4.79 Å². The second-order valence-corrected chi connectivity index (χ2v) is 7.23. The van der Waals surface area contributed by atoms with Crippen LogP contribution in [0.3, 0.4) is 0 Å². The molecule has 2 saturated heterocycles. The van der Waals surface area contributed by atoms with Crippen molar-refractivity contribution in [2.75, 3.05) is 39.3 Å². The molecular formula is C16H29N3O. The first kappa shape index (κ1) is 14.3. The van der Waals surface area contributed by atoms with E-state index in [9.17, 15) is 4.79 Å². The molecule has 0 aromatic carbocycles. The molecule has 0 aromatic heterocycles. The molecule has 1 amide bonds. The number of nitrogens with zero attached hydrogens (tertiary/aromatic N) is 1. The molecule has 1 spiro atoms. The molecule has 1 saturated carbocycles. The van der Waals surface area contributed by atoms with Gasteiger partial charge in [-0.25, -0.2) is 0 Å². The Morgan fingerprint density at radius 3 is 2.75 bits per heavy atom. The van der Waals surface area contributed by atoms with Gasteiger partial charge in [-0.15, -0.1) is 0 Å². The van der Waals surface area contributed by atoms with Crippen LogP contribution in [0, 0.1) is 17.3 Å². The van der Waals surface area contributed by atoms with Crippen molar-refractivity contribution in [2.45, 2.75) is 39.0 Å². The van der Waals surface area contributed by atoms with Gasteiger partial charge in [-0.05, 0) is 69.6 Å². The van der Waals surface area contributed by atoms with Gasteiger partial charge in [0.2, 0.25) is 5.91 Å². The third kappa shape index (κ3) is 3.17. The molecule has 3 fully saturated rings. The molecule has 2 unspecified atom stereocenters. The SMILES string of the molecule is CC(CNC(=O)C1CC12CCNCC2)CN1CCCC1. The monoisotopic (exact) mass is 279 g/mol. The highest BCUT2D eigenvalue weighted by atomic mass is 16.2. The summed E-state index contributed by atoms with van der Waals surface area (Å²) in [7, 11) is 0. The molecule has 4 nitrogen and oxygen atoms in total. The number of carbonyl (C=O) groups is 1. The first-order valence-electron chi connectivity index (χ1n) is 8.40. The maximum absolute atomic E-state index is 12.3. The van der Waals surface area contributed by atoms with Crippen LogP contribution in [0.15, 0.2) is 0 Å². The van der Waals surface area contributed by atoms with Crippen LogP contribution >= 0.6 is 0 Å². The lowest BCUT2D eigenvalue weighted by Crippen LogP contribution is -2.37. The summed E-state index contributed by atoms with van der Waals surface area (Å²) in [5.41, 5.74) is 0.369. The largest absolute Gasteiger partial charge is 0.356 e. The summed E-state index contributed by atoms with van der Waals surface area (Å²) in [6, 6.07) is 0. The number of piperidine rings is 1. The lowest BCUT2D eigenvalue weighted by molar-refractivity contribution is -0.123. The van der Waals surface area contributed by atoms with Crippen LogP contribution in [-0.4, -0.2) is 50.1 Å². The van der Waals surface area contributed by atoms with Gasteiger partial charge in [0, 0.05) is 19.0 Å². The van der Waals surface area contributed by atoms with Crippen LogP contribution in [0.5, 0.6) is 0 Å². The van der Waals surface area contributed by atoms with E-state index in [1.807, 2.05) is 0 Å². The molecule has 20 heavy (non-hydrogen) atoms. The van der Waals surface area contributed by atoms with Gasteiger partial charge < -0.3 is 15.5 Å². The van der Waals surface area contributed by atoms with Gasteiger partial charge in [0.25, 0.3) is 0 Å². The second kappa shape index (κ2) is 6.02. The normalized spacial score (nSPS) is 30.4. The Labute approximate surface area is 122 Å². The summed E-state index contributed by atoms with van der Waals surface area (Å²) in [6.45, 7) is 8.92. The van der Waals surface area contributed by atoms with Gasteiger partial charge in [0.05, 0.1) is 0 Å². The molecule has 0 radical (unpaired) electrons. The summed E-state index contributed by atoms with van der Waals surface area (Å²) in [4.78, 5) is 14.8. The van der Waals surface area contributed by atoms with Crippen molar-refractivity contribution in [1.29, 1.82) is 0 Å². The van der Waals surface area contributed by atoms with Crippen molar-refractivity contribution in [2.24, 2.45) is 17.3 Å². The van der Waals surface area contributed by atoms with E-state index >= 15 is 0 Å². The highest BCUT2D eigenvalue weighted by molar-refractivity contribution is 5.82. The number of carbonyl (C=O) groups excluding carboxylic acids is 1. The summed E-state index contributed by atoms with van der Waals surface area (Å²) in [5, 5.41) is 6.60. The molecule has 114 valence electrons. The third-order valence-electron chi connectivity index (χ3n) is 5.50. The van der Waals surface area contributed by atoms with Gasteiger partial charge in [0.1, 0.15) is 0 Å². The van der Waals surface area contributed by atoms with E-state index in [0.29, 0.717) is 23.2 Å². The average Bonchev–Trinajstić information content (AvgIpc) is 2.90. The van der Waals surface area contributed by atoms with E-state index < -0.39 is 0 Å². The molecule has 3 rings (SSSR count). The topological polar surface area (TPSA) is 44.4 Å². The van der Waals surface area contributed by atoms with Crippen molar-refractivity contribution >= 4 is 5.91 Å². The van der Waals surface area contributed by atoms with E-state index in [4.69, 9.17) is 0 Å². The highest BCUT2D eigenvalue weighted by Crippen LogP contribution is 2.58. The molecular weight excluding hydrogens is 250 g/mol. The fourth-order valence-electron chi connectivity index (χ4n) is 4.06. The molecule has 0 bridgehead atoms. The molecule has 2 heterocycles. The zero-order valence-corrected chi connectivity index (χ0v) is 12.8. The molecule has 2 atom stereocenters. The molecule has 3 aliphatic rings. The van der Waals surface area contributed by atoms with Crippen LogP contribution in [0.25, 0.3) is 0 Å². The Hall–Kier alpha value is -0.610. The van der Waals surface area contributed by atoms with Crippen molar-refractivity contribution in [3.63, 3.8) is 0 Å². The van der Waals surface area contributed by atoms with Crippen molar-refractivity contribution in [3.8, 4) is 0 Å². The van der Waals surface area contributed by atoms with Crippen LogP contribution in [0.1, 0.15) is 39.0 Å². The Morgan fingerprint density at radius 1 is 1.35 bits per heavy atom. The molecule has 1 aliphatic carbocycles. The summed E-state index contributed by atoms with van der Waals surface area (Å²) in [5.74, 6) is 1.20. The minimum absolute atomic E-state index is 0.309. The Balaban J connectivity index is 1.37. The smallest absolute Gasteiger partial charge is 0.223 e. The number of amides is 1. The van der Waals surface area contributed by atoms with E-state index in [1.54, 1.807) is 0 Å². The third-order valence-corrected chi connectivity index (χ3v) is 5.50. The second-order valence-electron chi connectivity index (χ2n) is 7.23. The number of likely N-dealkylation sites (tertiary alicyclic amines) is 1. The summed E-state index contributed by atoms with van der Waals surface area (Å²) >= 11 is 0. The minimum Gasteiger partial charge on any atom is -0.356 e. The highest BCUT2D eigenvalue weighted by Gasteiger charge is 2.57. The molecule has 4 heteroatoms. The van der Waals surface area contributed by atoms with Crippen molar-refractivity contribution in [3.05, 3.63) is 0 Å². The number of hydrogen-bond donors (Lipinski definition) is 2. The van der Waals surface area contributed by atoms with Crippen LogP contribution in [0.4, 0.5) is 0 Å². The van der Waals surface area contributed by atoms with Crippen molar-refractivity contribution in [1.82, 2.24) is 15.5 Å². The van der Waals surface area contributed by atoms with Crippen molar-refractivity contribution < 1.29 is 4.79 Å². The predicted molar refractivity (Wildman–Crippen MR) is 80.5 cm³/mol. The van der Waals surface area contributed by atoms with Gasteiger partial charge in [0.15, 0.2) is 0 Å². The van der Waals surface area contributed by atoms with Gasteiger partial charge in [-0.3, -0.25) is 4.79 Å². The Morgan fingerprint density at radius 2 is 2.05 bits per heavy atom. The van der Waals surface area contributed by atoms with E-state index in [0.717, 1.165) is 32.6 Å². The first-order chi connectivity index (χ1) is 9.70. The fraction of sp³-hybridized carbons (Fsp3) is 0.938. The zero-order valence-electron chi connectivity index (χ0n) is 12.8. The molecule has 2 N–H and O–H groups in total. The van der Waals surface area contributed by atoms with Crippen LogP contribution in [0.2, 0.25) is 0 Å². The Kier molecular flexibility index (Phi) is 4.32. The number of hydrogen-bond acceptors (Lipinski definition) is 3. The summed E-state index contributed by atoms with van der Waals surface area (Å²) < 4.78 is 0. The maximum Gasteiger partial charge on any atom is 0.223 e. The van der Waals surface area contributed by atoms with Gasteiger partial charge in [-0.2, -0.15) is 0 Å². The van der Waals surface area contributed by atoms with E-state index in [-0.39, 0.29) is 0 Å². The molecule has 2 aliphatic heterocycles. The zero-order chi connectivity index (χ0) is 14.0. The standard InChI is InChI=1S/C16H29N3O/c1-13(12-19-8-2-3-9-19)11-18-15(20)14-10-16(14)4-6-17-7-5-16/h13-14,17H,2-12H2,1H3,(H,18,20). The lowest BCUT2D eigenvalue weighted by atomic mass is 9.92. The van der Waals surface area contributed by atoms with Crippen LogP contribution < -0.4 is 10.6 Å². The first-order valence-corrected chi connectivity index (χ1v) is 8.40. The minimum atomic E-state index is 0.309. The predicted octanol–water partition coefficient (Wildman–Crippen LogP) is 1.22. The van der Waals surface area contributed by atoms with Gasteiger partial charge in [-0.1, -0.05) is 6.92 Å². The quantitative estimate of drug-likeness (QED) is 0.795. The van der Waals surface area contributed by atoms with E-state index in [2.05, 4.69) is 22.5 Å². The summed E-state index contributed by atoms with van der Waals surface area (Å²) in [6.07, 6.45) is 6.19. The number of rotatable bonds is 5. The maximum atomic E-state index is 12.3. The molecule has 0 aromatic rings. The average molecular weight is 279 g/mol. The Bertz CT molecular complexity index is 346. The number of nitrogens with one attached hydrogen (secondary N) is 2.